The van der Waals surface area contributed by atoms with E-state index in [0.717, 1.165) is 16.1 Å². The summed E-state index contributed by atoms with van der Waals surface area (Å²) in [6, 6.07) is 16.7. The van der Waals surface area contributed by atoms with E-state index in [4.69, 9.17) is 11.6 Å². The number of aromatic nitrogens is 2. The van der Waals surface area contributed by atoms with E-state index in [1.807, 2.05) is 0 Å². The molecule has 1 heterocycles. The van der Waals surface area contributed by atoms with E-state index < -0.39 is 17.8 Å². The normalized spacial score (nSPS) is 12.7. The van der Waals surface area contributed by atoms with Gasteiger partial charge in [-0.3, -0.25) is 4.79 Å². The molecule has 0 aliphatic carbocycles. The lowest BCUT2D eigenvalue weighted by molar-refractivity contribution is -0.141. The van der Waals surface area contributed by atoms with Gasteiger partial charge in [-0.25, -0.2) is 9.07 Å². The summed E-state index contributed by atoms with van der Waals surface area (Å²) in [6.07, 6.45) is -4.64. The van der Waals surface area contributed by atoms with E-state index in [-0.39, 0.29) is 24.0 Å². The smallest absolute Gasteiger partial charge is 0.350 e. The van der Waals surface area contributed by atoms with E-state index in [1.54, 1.807) is 49.4 Å². The molecule has 0 bridgehead atoms. The number of amides is 1. The van der Waals surface area contributed by atoms with Gasteiger partial charge in [-0.2, -0.15) is 18.3 Å². The number of benzene rings is 3. The molecule has 1 aromatic heterocycles. The fraction of sp³-hybridized carbons (Fsp3) is 0.167. The van der Waals surface area contributed by atoms with Crippen LogP contribution in [0.15, 0.2) is 66.7 Å². The summed E-state index contributed by atoms with van der Waals surface area (Å²) in [4.78, 5) is 12.9. The van der Waals surface area contributed by atoms with Gasteiger partial charge in [0.05, 0.1) is 23.8 Å². The van der Waals surface area contributed by atoms with Gasteiger partial charge in [-0.15, -0.1) is 0 Å². The zero-order chi connectivity index (χ0) is 23.8. The Morgan fingerprint density at radius 2 is 1.85 bits per heavy atom. The summed E-state index contributed by atoms with van der Waals surface area (Å²) in [5, 5.41) is 8.08. The summed E-state index contributed by atoms with van der Waals surface area (Å²) >= 11 is 5.98. The fourth-order valence-electron chi connectivity index (χ4n) is 3.64. The van der Waals surface area contributed by atoms with Crippen LogP contribution in [-0.2, 0) is 17.5 Å². The Hall–Kier alpha value is -3.39. The monoisotopic (exact) mass is 475 g/mol. The maximum atomic E-state index is 13.5. The number of rotatable bonds is 5. The average Bonchev–Trinajstić information content (AvgIpc) is 3.21. The number of nitrogens with one attached hydrogen (secondary N) is 1. The molecule has 3 aromatic carbocycles. The van der Waals surface area contributed by atoms with Gasteiger partial charge in [0.1, 0.15) is 5.82 Å². The van der Waals surface area contributed by atoms with Crippen LogP contribution in [0.4, 0.5) is 17.6 Å². The molecule has 1 amide bonds. The SMILES string of the molecule is CC(C(=O)NCc1cc(C(F)(F)F)nn1-c1cccc(Cl)c1)c1cccc2cc(F)ccc12. The topological polar surface area (TPSA) is 46.9 Å². The van der Waals surface area contributed by atoms with Crippen molar-refractivity contribution in [3.05, 3.63) is 94.5 Å². The molecule has 4 rings (SSSR count). The fourth-order valence-corrected chi connectivity index (χ4v) is 3.83. The first-order valence-corrected chi connectivity index (χ1v) is 10.4. The molecule has 170 valence electrons. The predicted octanol–water partition coefficient (Wildman–Crippen LogP) is 6.26. The number of alkyl halides is 3. The highest BCUT2D eigenvalue weighted by Crippen LogP contribution is 2.30. The number of hydrogen-bond acceptors (Lipinski definition) is 2. The highest BCUT2D eigenvalue weighted by molar-refractivity contribution is 6.30. The van der Waals surface area contributed by atoms with E-state index in [2.05, 4.69) is 10.4 Å². The summed E-state index contributed by atoms with van der Waals surface area (Å²) in [7, 11) is 0. The second kappa shape index (κ2) is 8.86. The Kier molecular flexibility index (Phi) is 6.12. The zero-order valence-electron chi connectivity index (χ0n) is 17.3. The molecule has 33 heavy (non-hydrogen) atoms. The van der Waals surface area contributed by atoms with Crippen molar-refractivity contribution < 1.29 is 22.4 Å². The van der Waals surface area contributed by atoms with E-state index in [9.17, 15) is 22.4 Å². The molecule has 0 aliphatic rings. The lowest BCUT2D eigenvalue weighted by Gasteiger charge is -2.15. The van der Waals surface area contributed by atoms with E-state index in [0.29, 0.717) is 21.7 Å². The van der Waals surface area contributed by atoms with Crippen molar-refractivity contribution >= 4 is 28.3 Å². The second-order valence-corrected chi connectivity index (χ2v) is 8.00. The number of carbonyl (C=O) groups excluding carboxylic acids is 1. The Morgan fingerprint density at radius 3 is 2.58 bits per heavy atom. The predicted molar refractivity (Wildman–Crippen MR) is 118 cm³/mol. The minimum absolute atomic E-state index is 0.144. The highest BCUT2D eigenvalue weighted by Gasteiger charge is 2.35. The van der Waals surface area contributed by atoms with E-state index >= 15 is 0 Å². The first-order valence-electron chi connectivity index (χ1n) is 10.0. The summed E-state index contributed by atoms with van der Waals surface area (Å²) in [6.45, 7) is 1.50. The van der Waals surface area contributed by atoms with Gasteiger partial charge in [0, 0.05) is 5.02 Å². The number of carbonyl (C=O) groups is 1. The molecule has 1 unspecified atom stereocenters. The van der Waals surface area contributed by atoms with Crippen LogP contribution in [0.3, 0.4) is 0 Å². The van der Waals surface area contributed by atoms with Crippen molar-refractivity contribution in [3.63, 3.8) is 0 Å². The Bertz CT molecular complexity index is 1330. The van der Waals surface area contributed by atoms with Crippen LogP contribution in [0.25, 0.3) is 16.5 Å². The summed E-state index contributed by atoms with van der Waals surface area (Å²) in [5.41, 5.74) is 0.0942. The van der Waals surface area contributed by atoms with Crippen LogP contribution in [0.2, 0.25) is 5.02 Å². The molecule has 1 atom stereocenters. The standard InChI is InChI=1S/C24H18ClF4N3O/c1-14(20-7-2-4-15-10-17(26)8-9-21(15)20)23(33)30-13-19-12-22(24(27,28)29)31-32(19)18-6-3-5-16(25)11-18/h2-12,14H,13H2,1H3,(H,30,33). The van der Waals surface area contributed by atoms with Crippen LogP contribution in [0.1, 0.15) is 29.8 Å². The van der Waals surface area contributed by atoms with Crippen molar-refractivity contribution in [2.24, 2.45) is 0 Å². The molecular weight excluding hydrogens is 458 g/mol. The van der Waals surface area contributed by atoms with Crippen LogP contribution in [0, 0.1) is 5.82 Å². The third-order valence-corrected chi connectivity index (χ3v) is 5.54. The lowest BCUT2D eigenvalue weighted by atomic mass is 9.94. The van der Waals surface area contributed by atoms with E-state index in [1.165, 1.54) is 18.2 Å². The Balaban J connectivity index is 1.60. The number of halogens is 5. The minimum atomic E-state index is -4.64. The quantitative estimate of drug-likeness (QED) is 0.346. The van der Waals surface area contributed by atoms with Crippen molar-refractivity contribution in [2.75, 3.05) is 0 Å². The van der Waals surface area contributed by atoms with Gasteiger partial charge < -0.3 is 5.32 Å². The largest absolute Gasteiger partial charge is 0.435 e. The Labute approximate surface area is 191 Å². The molecular formula is C24H18ClF4N3O. The molecule has 4 aromatic rings. The van der Waals surface area contributed by atoms with Crippen LogP contribution in [0.5, 0.6) is 0 Å². The van der Waals surface area contributed by atoms with Crippen LogP contribution >= 0.6 is 11.6 Å². The Morgan fingerprint density at radius 1 is 1.09 bits per heavy atom. The first kappa shape index (κ1) is 22.8. The van der Waals surface area contributed by atoms with Gasteiger partial charge >= 0.3 is 6.18 Å². The van der Waals surface area contributed by atoms with Gasteiger partial charge in [-0.05, 0) is 59.7 Å². The number of nitrogens with zero attached hydrogens (tertiary/aromatic N) is 2. The molecule has 0 saturated heterocycles. The van der Waals surface area contributed by atoms with Gasteiger partial charge in [0.15, 0.2) is 5.69 Å². The molecule has 1 N–H and O–H groups in total. The average molecular weight is 476 g/mol. The van der Waals surface area contributed by atoms with Crippen molar-refractivity contribution in [3.8, 4) is 5.69 Å². The van der Waals surface area contributed by atoms with Crippen molar-refractivity contribution in [2.45, 2.75) is 25.6 Å². The molecule has 9 heteroatoms. The minimum Gasteiger partial charge on any atom is -0.350 e. The summed E-state index contributed by atoms with van der Waals surface area (Å²) in [5.74, 6) is -1.39. The van der Waals surface area contributed by atoms with Crippen LogP contribution < -0.4 is 5.32 Å². The third kappa shape index (κ3) is 4.85. The molecule has 0 aliphatic heterocycles. The molecule has 0 spiro atoms. The van der Waals surface area contributed by atoms with Crippen molar-refractivity contribution in [1.29, 1.82) is 0 Å². The molecule has 4 nitrogen and oxygen atoms in total. The zero-order valence-corrected chi connectivity index (χ0v) is 18.1. The maximum Gasteiger partial charge on any atom is 0.435 e. The number of fused-ring (bicyclic) bond motifs is 1. The molecule has 0 fully saturated rings. The second-order valence-electron chi connectivity index (χ2n) is 7.56. The van der Waals surface area contributed by atoms with Gasteiger partial charge in [-0.1, -0.05) is 41.9 Å². The van der Waals surface area contributed by atoms with Crippen LogP contribution in [-0.4, -0.2) is 15.7 Å². The van der Waals surface area contributed by atoms with Gasteiger partial charge in [0.25, 0.3) is 0 Å². The molecule has 0 saturated carbocycles. The lowest BCUT2D eigenvalue weighted by Crippen LogP contribution is -2.28. The number of hydrogen-bond donors (Lipinski definition) is 1. The maximum absolute atomic E-state index is 13.5. The first-order chi connectivity index (χ1) is 15.6. The highest BCUT2D eigenvalue weighted by atomic mass is 35.5. The summed E-state index contributed by atoms with van der Waals surface area (Å²) < 4.78 is 54.5. The van der Waals surface area contributed by atoms with Crippen molar-refractivity contribution in [1.82, 2.24) is 15.1 Å². The third-order valence-electron chi connectivity index (χ3n) is 5.31. The molecule has 0 radical (unpaired) electrons. The van der Waals surface area contributed by atoms with Gasteiger partial charge in [0.2, 0.25) is 5.91 Å².